The molecule has 3 aromatic carbocycles. The highest BCUT2D eigenvalue weighted by Gasteiger charge is 2.25. The Labute approximate surface area is 195 Å². The topological polar surface area (TPSA) is 114 Å². The molecule has 4 rings (SSSR count). The number of ether oxygens (including phenoxy) is 3. The van der Waals surface area contributed by atoms with Crippen LogP contribution in [0.25, 0.3) is 0 Å². The number of anilines is 2. The maximum atomic E-state index is 12.8. The number of methoxy groups -OCH3 is 2. The molecule has 0 radical (unpaired) electrons. The van der Waals surface area contributed by atoms with Gasteiger partial charge in [0.1, 0.15) is 5.75 Å². The van der Waals surface area contributed by atoms with E-state index >= 15 is 0 Å². The maximum absolute atomic E-state index is 12.8. The van der Waals surface area contributed by atoms with Crippen molar-refractivity contribution in [1.29, 1.82) is 0 Å². The molecule has 2 amide bonds. The first-order chi connectivity index (χ1) is 16.4. The fourth-order valence-electron chi connectivity index (χ4n) is 3.63. The summed E-state index contributed by atoms with van der Waals surface area (Å²) in [5.41, 5.74) is 1.78. The minimum absolute atomic E-state index is 0.0330. The molecule has 9 heteroatoms. The first-order valence-electron chi connectivity index (χ1n) is 10.3. The molecule has 0 aromatic heterocycles. The zero-order valence-corrected chi connectivity index (χ0v) is 18.5. The number of benzene rings is 3. The predicted molar refractivity (Wildman–Crippen MR) is 124 cm³/mol. The number of aromatic carboxylic acids is 1. The Balaban J connectivity index is 1.53. The number of nitrogens with zero attached hydrogens (tertiary/aromatic N) is 1. The van der Waals surface area contributed by atoms with Crippen LogP contribution in [0.1, 0.15) is 26.3 Å². The van der Waals surface area contributed by atoms with Crippen molar-refractivity contribution in [2.24, 2.45) is 0 Å². The summed E-state index contributed by atoms with van der Waals surface area (Å²) >= 11 is 0. The molecule has 0 spiro atoms. The number of carboxylic acid groups (broad SMARTS) is 1. The average molecular weight is 462 g/mol. The SMILES string of the molecule is COc1cc(NC(=O)c2ccc(CN3C(=O)COc4ccccc43)cc2)c(C(=O)O)cc1OC. The molecule has 0 saturated heterocycles. The molecule has 0 bridgehead atoms. The largest absolute Gasteiger partial charge is 0.493 e. The van der Waals surface area contributed by atoms with E-state index in [1.165, 1.54) is 26.4 Å². The predicted octanol–water partition coefficient (Wildman–Crippen LogP) is 3.58. The molecule has 2 N–H and O–H groups in total. The molecule has 0 unspecified atom stereocenters. The molecule has 174 valence electrons. The summed E-state index contributed by atoms with van der Waals surface area (Å²) in [5, 5.41) is 12.1. The zero-order valence-electron chi connectivity index (χ0n) is 18.5. The third kappa shape index (κ3) is 4.49. The Kier molecular flexibility index (Phi) is 6.35. The molecule has 1 heterocycles. The van der Waals surface area contributed by atoms with Gasteiger partial charge in [-0.25, -0.2) is 4.79 Å². The van der Waals surface area contributed by atoms with Gasteiger partial charge in [-0.3, -0.25) is 9.59 Å². The van der Waals surface area contributed by atoms with Crippen LogP contribution in [0.2, 0.25) is 0 Å². The first kappa shape index (κ1) is 22.7. The third-order valence-corrected chi connectivity index (χ3v) is 5.37. The number of fused-ring (bicyclic) bond motifs is 1. The van der Waals surface area contributed by atoms with Crippen LogP contribution in [-0.4, -0.2) is 43.7 Å². The number of carboxylic acids is 1. The van der Waals surface area contributed by atoms with Gasteiger partial charge in [-0.1, -0.05) is 24.3 Å². The summed E-state index contributed by atoms with van der Waals surface area (Å²) in [6, 6.07) is 16.7. The van der Waals surface area contributed by atoms with Crippen molar-refractivity contribution in [2.75, 3.05) is 31.0 Å². The number of carbonyl (C=O) groups excluding carboxylic acids is 2. The van der Waals surface area contributed by atoms with Gasteiger partial charge in [0, 0.05) is 17.7 Å². The van der Waals surface area contributed by atoms with Crippen LogP contribution in [0.4, 0.5) is 11.4 Å². The summed E-state index contributed by atoms with van der Waals surface area (Å²) in [7, 11) is 2.81. The van der Waals surface area contributed by atoms with Gasteiger partial charge < -0.3 is 29.5 Å². The van der Waals surface area contributed by atoms with E-state index in [0.717, 1.165) is 5.56 Å². The zero-order chi connectivity index (χ0) is 24.2. The second kappa shape index (κ2) is 9.53. The summed E-state index contributed by atoms with van der Waals surface area (Å²) in [6.45, 7) is 0.286. The quantitative estimate of drug-likeness (QED) is 0.552. The van der Waals surface area contributed by atoms with Crippen LogP contribution in [0, 0.1) is 0 Å². The normalized spacial score (nSPS) is 12.4. The Hall–Kier alpha value is -4.53. The van der Waals surface area contributed by atoms with Gasteiger partial charge in [0.25, 0.3) is 11.8 Å². The van der Waals surface area contributed by atoms with E-state index < -0.39 is 11.9 Å². The van der Waals surface area contributed by atoms with Crippen LogP contribution in [0.15, 0.2) is 60.7 Å². The molecule has 34 heavy (non-hydrogen) atoms. The number of carbonyl (C=O) groups is 3. The van der Waals surface area contributed by atoms with Gasteiger partial charge in [0.05, 0.1) is 37.7 Å². The van der Waals surface area contributed by atoms with Crippen LogP contribution < -0.4 is 24.4 Å². The van der Waals surface area contributed by atoms with E-state index in [1.54, 1.807) is 29.2 Å². The maximum Gasteiger partial charge on any atom is 0.337 e. The molecular formula is C25H22N2O7. The summed E-state index contributed by atoms with van der Waals surface area (Å²) < 4.78 is 15.8. The van der Waals surface area contributed by atoms with E-state index in [2.05, 4.69) is 5.32 Å². The van der Waals surface area contributed by atoms with Gasteiger partial charge in [-0.2, -0.15) is 0 Å². The number of para-hydroxylation sites is 2. The van der Waals surface area contributed by atoms with E-state index in [1.807, 2.05) is 24.3 Å². The van der Waals surface area contributed by atoms with Crippen LogP contribution in [0.3, 0.4) is 0 Å². The van der Waals surface area contributed by atoms with E-state index in [9.17, 15) is 19.5 Å². The molecule has 9 nitrogen and oxygen atoms in total. The smallest absolute Gasteiger partial charge is 0.337 e. The highest BCUT2D eigenvalue weighted by molar-refractivity contribution is 6.08. The van der Waals surface area contributed by atoms with Crippen molar-refractivity contribution in [3.63, 3.8) is 0 Å². The monoisotopic (exact) mass is 462 g/mol. The van der Waals surface area contributed by atoms with E-state index in [4.69, 9.17) is 14.2 Å². The fraction of sp³-hybridized carbons (Fsp3) is 0.160. The Morgan fingerprint density at radius 1 is 1.03 bits per heavy atom. The van der Waals surface area contributed by atoms with Crippen molar-refractivity contribution in [2.45, 2.75) is 6.54 Å². The van der Waals surface area contributed by atoms with Gasteiger partial charge in [0.2, 0.25) is 0 Å². The molecule has 1 aliphatic heterocycles. The van der Waals surface area contributed by atoms with E-state index in [-0.39, 0.29) is 35.3 Å². The number of rotatable bonds is 7. The molecule has 0 aliphatic carbocycles. The fourth-order valence-corrected chi connectivity index (χ4v) is 3.63. The summed E-state index contributed by atoms with van der Waals surface area (Å²) in [4.78, 5) is 38.5. The molecule has 0 fully saturated rings. The molecule has 1 aliphatic rings. The number of amides is 2. The lowest BCUT2D eigenvalue weighted by molar-refractivity contribution is -0.121. The number of hydrogen-bond acceptors (Lipinski definition) is 6. The molecular weight excluding hydrogens is 440 g/mol. The van der Waals surface area contributed by atoms with Crippen LogP contribution in [0.5, 0.6) is 17.2 Å². The van der Waals surface area contributed by atoms with Crippen molar-refractivity contribution in [3.05, 3.63) is 77.4 Å². The summed E-state index contributed by atoms with van der Waals surface area (Å²) in [5.74, 6) is -0.705. The lowest BCUT2D eigenvalue weighted by atomic mass is 10.1. The minimum Gasteiger partial charge on any atom is -0.493 e. The van der Waals surface area contributed by atoms with Crippen molar-refractivity contribution < 1.29 is 33.7 Å². The minimum atomic E-state index is -1.22. The molecule has 0 atom stereocenters. The summed E-state index contributed by atoms with van der Waals surface area (Å²) in [6.07, 6.45) is 0. The molecule has 0 saturated carbocycles. The second-order valence-corrected chi connectivity index (χ2v) is 7.45. The average Bonchev–Trinajstić information content (AvgIpc) is 2.85. The van der Waals surface area contributed by atoms with Gasteiger partial charge in [-0.05, 0) is 29.8 Å². The number of hydrogen-bond donors (Lipinski definition) is 2. The third-order valence-electron chi connectivity index (χ3n) is 5.37. The standard InChI is InChI=1S/C25H22N2O7/c1-32-21-11-17(25(30)31)18(12-22(21)33-2)26-24(29)16-9-7-15(8-10-16)13-27-19-5-3-4-6-20(19)34-14-23(27)28/h3-12H,13-14H2,1-2H3,(H,26,29)(H,30,31). The van der Waals surface area contributed by atoms with Crippen molar-refractivity contribution in [1.82, 2.24) is 0 Å². The lowest BCUT2D eigenvalue weighted by Crippen LogP contribution is -2.38. The van der Waals surface area contributed by atoms with Gasteiger partial charge in [-0.15, -0.1) is 0 Å². The number of nitrogens with one attached hydrogen (secondary N) is 1. The Morgan fingerprint density at radius 2 is 1.71 bits per heavy atom. The highest BCUT2D eigenvalue weighted by Crippen LogP contribution is 2.34. The Morgan fingerprint density at radius 3 is 2.38 bits per heavy atom. The lowest BCUT2D eigenvalue weighted by Gasteiger charge is -2.29. The second-order valence-electron chi connectivity index (χ2n) is 7.45. The Bertz CT molecular complexity index is 1250. The van der Waals surface area contributed by atoms with Crippen LogP contribution >= 0.6 is 0 Å². The van der Waals surface area contributed by atoms with Crippen LogP contribution in [-0.2, 0) is 11.3 Å². The van der Waals surface area contributed by atoms with Gasteiger partial charge >= 0.3 is 5.97 Å². The van der Waals surface area contributed by atoms with E-state index in [0.29, 0.717) is 23.5 Å². The van der Waals surface area contributed by atoms with Gasteiger partial charge in [0.15, 0.2) is 18.1 Å². The van der Waals surface area contributed by atoms with Crippen molar-refractivity contribution >= 4 is 29.2 Å². The molecule has 3 aromatic rings. The highest BCUT2D eigenvalue weighted by atomic mass is 16.5. The first-order valence-corrected chi connectivity index (χ1v) is 10.3. The van der Waals surface area contributed by atoms with Crippen molar-refractivity contribution in [3.8, 4) is 17.2 Å².